The van der Waals surface area contributed by atoms with E-state index in [9.17, 15) is 9.59 Å². The lowest BCUT2D eigenvalue weighted by atomic mass is 10.1. The van der Waals surface area contributed by atoms with E-state index >= 15 is 0 Å². The van der Waals surface area contributed by atoms with Gasteiger partial charge in [0.1, 0.15) is 0 Å². The van der Waals surface area contributed by atoms with E-state index in [1.807, 2.05) is 30.5 Å². The van der Waals surface area contributed by atoms with Crippen LogP contribution in [0.15, 0.2) is 57.8 Å². The lowest BCUT2D eigenvalue weighted by Gasteiger charge is -2.02. The molecule has 8 heteroatoms. The van der Waals surface area contributed by atoms with Gasteiger partial charge in [-0.05, 0) is 48.7 Å². The van der Waals surface area contributed by atoms with Crippen molar-refractivity contribution in [2.24, 2.45) is 0 Å². The predicted octanol–water partition coefficient (Wildman–Crippen LogP) is 3.50. The van der Waals surface area contributed by atoms with Gasteiger partial charge in [-0.15, -0.1) is 16.9 Å². The van der Waals surface area contributed by atoms with Crippen molar-refractivity contribution in [1.29, 1.82) is 0 Å². The number of nitrogens with one attached hydrogen (secondary N) is 1. The highest BCUT2D eigenvalue weighted by Crippen LogP contribution is 2.24. The van der Waals surface area contributed by atoms with Crippen molar-refractivity contribution in [1.82, 2.24) is 10.2 Å². The molecule has 1 N–H and O–H groups in total. The van der Waals surface area contributed by atoms with Crippen molar-refractivity contribution in [3.8, 4) is 11.5 Å². The third kappa shape index (κ3) is 3.92. The second-order valence-corrected chi connectivity index (χ2v) is 6.05. The predicted molar refractivity (Wildman–Crippen MR) is 97.2 cm³/mol. The van der Waals surface area contributed by atoms with Gasteiger partial charge >= 0.3 is 12.0 Å². The number of carbonyl (C=O) groups excluding carboxylic acids is 2. The smallest absolute Gasteiger partial charge is 0.337 e. The molecule has 3 aromatic rings. The summed E-state index contributed by atoms with van der Waals surface area (Å²) in [4.78, 5) is 24.7. The number of carbonyl (C=O) groups is 2. The first-order valence-corrected chi connectivity index (χ1v) is 8.81. The minimum absolute atomic E-state index is 0.00315. The highest BCUT2D eigenvalue weighted by Gasteiger charge is 2.14. The Hall–Kier alpha value is -3.13. The Balaban J connectivity index is 1.72. The quantitative estimate of drug-likeness (QED) is 0.543. The van der Waals surface area contributed by atoms with Gasteiger partial charge in [0.25, 0.3) is 5.91 Å². The van der Waals surface area contributed by atoms with Gasteiger partial charge in [0.2, 0.25) is 5.89 Å². The van der Waals surface area contributed by atoms with Crippen molar-refractivity contribution in [2.75, 3.05) is 18.7 Å². The van der Waals surface area contributed by atoms with Crippen LogP contribution in [0.3, 0.4) is 0 Å². The Morgan fingerprint density at radius 1 is 1.08 bits per heavy atom. The van der Waals surface area contributed by atoms with Gasteiger partial charge in [-0.25, -0.2) is 4.79 Å². The van der Waals surface area contributed by atoms with E-state index in [1.165, 1.54) is 31.4 Å². The molecule has 2 aromatic carbocycles. The van der Waals surface area contributed by atoms with Crippen LogP contribution in [-0.4, -0.2) is 35.4 Å². The van der Waals surface area contributed by atoms with Crippen LogP contribution < -0.4 is 5.32 Å². The summed E-state index contributed by atoms with van der Waals surface area (Å²) in [6.07, 6.45) is 1.98. The number of benzene rings is 2. The van der Waals surface area contributed by atoms with E-state index in [-0.39, 0.29) is 6.01 Å². The standard InChI is InChI=1S/C18H15N3O4S/c1-24-17(23)12-8-6-11(7-9-12)15(22)19-18-21-20-16(25-18)13-4-3-5-14(10-13)26-2/h3-10H,1-2H3,(H,19,21,22). The topological polar surface area (TPSA) is 94.3 Å². The van der Waals surface area contributed by atoms with Crippen molar-refractivity contribution in [2.45, 2.75) is 4.90 Å². The molecule has 1 heterocycles. The Morgan fingerprint density at radius 3 is 2.50 bits per heavy atom. The van der Waals surface area contributed by atoms with Crippen LogP contribution in [0.1, 0.15) is 20.7 Å². The molecule has 0 radical (unpaired) electrons. The Kier molecular flexibility index (Phi) is 5.33. The zero-order chi connectivity index (χ0) is 18.5. The summed E-state index contributed by atoms with van der Waals surface area (Å²) in [5, 5.41) is 10.3. The van der Waals surface area contributed by atoms with Gasteiger partial charge in [-0.3, -0.25) is 10.1 Å². The number of hydrogen-bond donors (Lipinski definition) is 1. The first-order chi connectivity index (χ1) is 12.6. The molecule has 0 aliphatic rings. The van der Waals surface area contributed by atoms with Crippen molar-refractivity contribution in [3.05, 3.63) is 59.7 Å². The van der Waals surface area contributed by atoms with E-state index in [0.29, 0.717) is 17.0 Å². The number of rotatable bonds is 5. The van der Waals surface area contributed by atoms with E-state index in [1.54, 1.807) is 11.8 Å². The maximum atomic E-state index is 12.3. The third-order valence-electron chi connectivity index (χ3n) is 3.53. The molecule has 26 heavy (non-hydrogen) atoms. The molecule has 0 saturated carbocycles. The molecule has 0 spiro atoms. The molecular formula is C18H15N3O4S. The molecule has 132 valence electrons. The zero-order valence-corrected chi connectivity index (χ0v) is 14.9. The van der Waals surface area contributed by atoms with Crippen molar-refractivity contribution < 1.29 is 18.7 Å². The van der Waals surface area contributed by atoms with E-state index < -0.39 is 11.9 Å². The fourth-order valence-electron chi connectivity index (χ4n) is 2.19. The number of esters is 1. The molecular weight excluding hydrogens is 354 g/mol. The average Bonchev–Trinajstić information content (AvgIpc) is 3.16. The van der Waals surface area contributed by atoms with Gasteiger partial charge in [0, 0.05) is 16.0 Å². The SMILES string of the molecule is COC(=O)c1ccc(C(=O)Nc2nnc(-c3cccc(SC)c3)o2)cc1. The van der Waals surface area contributed by atoms with E-state index in [4.69, 9.17) is 4.42 Å². The van der Waals surface area contributed by atoms with E-state index in [0.717, 1.165) is 10.5 Å². The average molecular weight is 369 g/mol. The van der Waals surface area contributed by atoms with Crippen LogP contribution in [0, 0.1) is 0 Å². The normalized spacial score (nSPS) is 10.4. The number of hydrogen-bond acceptors (Lipinski definition) is 7. The number of anilines is 1. The molecule has 1 aromatic heterocycles. The van der Waals surface area contributed by atoms with E-state index in [2.05, 4.69) is 20.3 Å². The molecule has 1 amide bonds. The van der Waals surface area contributed by atoms with Crippen LogP contribution in [0.5, 0.6) is 0 Å². The number of amides is 1. The first-order valence-electron chi connectivity index (χ1n) is 7.58. The number of methoxy groups -OCH3 is 1. The summed E-state index contributed by atoms with van der Waals surface area (Å²) >= 11 is 1.60. The lowest BCUT2D eigenvalue weighted by Crippen LogP contribution is -2.12. The molecule has 3 rings (SSSR count). The summed E-state index contributed by atoms with van der Waals surface area (Å²) in [5.74, 6) is -0.572. The van der Waals surface area contributed by atoms with Gasteiger partial charge in [-0.2, -0.15) is 0 Å². The fourth-order valence-corrected chi connectivity index (χ4v) is 2.65. The summed E-state index contributed by atoms with van der Waals surface area (Å²) in [7, 11) is 1.30. The minimum atomic E-state index is -0.467. The summed E-state index contributed by atoms with van der Waals surface area (Å²) in [5.41, 5.74) is 1.48. The van der Waals surface area contributed by atoms with Gasteiger partial charge < -0.3 is 9.15 Å². The second kappa shape index (κ2) is 7.83. The lowest BCUT2D eigenvalue weighted by molar-refractivity contribution is 0.0600. The van der Waals surface area contributed by atoms with Gasteiger partial charge in [0.05, 0.1) is 12.7 Å². The zero-order valence-electron chi connectivity index (χ0n) is 14.1. The molecule has 0 aliphatic carbocycles. The number of nitrogens with zero attached hydrogens (tertiary/aromatic N) is 2. The molecule has 0 atom stereocenters. The summed E-state index contributed by atoms with van der Waals surface area (Å²) in [6, 6.07) is 13.7. The number of aromatic nitrogens is 2. The van der Waals surface area contributed by atoms with Crippen LogP contribution in [-0.2, 0) is 4.74 Å². The molecule has 0 fully saturated rings. The first kappa shape index (κ1) is 17.7. The van der Waals surface area contributed by atoms with Crippen LogP contribution in [0.25, 0.3) is 11.5 Å². The maximum absolute atomic E-state index is 12.3. The fraction of sp³-hybridized carbons (Fsp3) is 0.111. The molecule has 7 nitrogen and oxygen atoms in total. The van der Waals surface area contributed by atoms with Crippen molar-refractivity contribution >= 4 is 29.7 Å². The second-order valence-electron chi connectivity index (χ2n) is 5.17. The highest BCUT2D eigenvalue weighted by atomic mass is 32.2. The molecule has 0 aliphatic heterocycles. The number of ether oxygens (including phenoxy) is 1. The maximum Gasteiger partial charge on any atom is 0.337 e. The van der Waals surface area contributed by atoms with Crippen LogP contribution in [0.2, 0.25) is 0 Å². The number of thioether (sulfide) groups is 1. The molecule has 0 unspecified atom stereocenters. The Labute approximate surface area is 153 Å². The summed E-state index contributed by atoms with van der Waals surface area (Å²) < 4.78 is 10.1. The van der Waals surface area contributed by atoms with Gasteiger partial charge in [-0.1, -0.05) is 11.2 Å². The Bertz CT molecular complexity index is 938. The highest BCUT2D eigenvalue weighted by molar-refractivity contribution is 7.98. The van der Waals surface area contributed by atoms with Crippen LogP contribution in [0.4, 0.5) is 6.01 Å². The van der Waals surface area contributed by atoms with Crippen LogP contribution >= 0.6 is 11.8 Å². The van der Waals surface area contributed by atoms with Gasteiger partial charge in [0.15, 0.2) is 0 Å². The minimum Gasteiger partial charge on any atom is -0.465 e. The summed E-state index contributed by atoms with van der Waals surface area (Å²) in [6.45, 7) is 0. The molecule has 0 bridgehead atoms. The molecule has 0 saturated heterocycles. The van der Waals surface area contributed by atoms with Crippen molar-refractivity contribution in [3.63, 3.8) is 0 Å². The largest absolute Gasteiger partial charge is 0.465 e. The monoisotopic (exact) mass is 369 g/mol. The Morgan fingerprint density at radius 2 is 1.81 bits per heavy atom. The third-order valence-corrected chi connectivity index (χ3v) is 4.26.